The molecular weight excluding hydrogens is 340 g/mol. The molecule has 140 valence electrons. The highest BCUT2D eigenvalue weighted by Gasteiger charge is 2.49. The Labute approximate surface area is 159 Å². The largest absolute Gasteiger partial charge is 0.339 e. The molecule has 0 saturated carbocycles. The summed E-state index contributed by atoms with van der Waals surface area (Å²) in [7, 11) is 0. The zero-order chi connectivity index (χ0) is 19.0. The minimum Gasteiger partial charge on any atom is -0.339 e. The highest BCUT2D eigenvalue weighted by atomic mass is 16.2. The fourth-order valence-corrected chi connectivity index (χ4v) is 4.38. The van der Waals surface area contributed by atoms with Crippen LogP contribution in [0.1, 0.15) is 40.7 Å². The van der Waals surface area contributed by atoms with Gasteiger partial charge in [-0.1, -0.05) is 17.2 Å². The molecule has 2 aromatic rings. The van der Waals surface area contributed by atoms with E-state index >= 15 is 0 Å². The Bertz CT molecular complexity index is 853. The van der Waals surface area contributed by atoms with Crippen molar-refractivity contribution >= 4 is 17.5 Å². The lowest BCUT2D eigenvalue weighted by molar-refractivity contribution is -0.127. The van der Waals surface area contributed by atoms with Crippen LogP contribution in [0.2, 0.25) is 0 Å². The number of anilines is 1. The third-order valence-electron chi connectivity index (χ3n) is 5.85. The van der Waals surface area contributed by atoms with Crippen LogP contribution < -0.4 is 4.90 Å². The summed E-state index contributed by atoms with van der Waals surface area (Å²) < 4.78 is 0. The second kappa shape index (κ2) is 6.76. The molecule has 0 radical (unpaired) electrons. The molecule has 0 N–H and O–H groups in total. The fraction of sp³-hybridized carbons (Fsp3) is 0.429. The van der Waals surface area contributed by atoms with Gasteiger partial charge in [-0.15, -0.1) is 0 Å². The maximum absolute atomic E-state index is 13.1. The van der Waals surface area contributed by atoms with Crippen molar-refractivity contribution in [2.45, 2.75) is 33.1 Å². The number of piperidine rings is 1. The molecule has 1 aromatic carbocycles. The fourth-order valence-electron chi connectivity index (χ4n) is 4.38. The van der Waals surface area contributed by atoms with Gasteiger partial charge >= 0.3 is 0 Å². The number of aromatic nitrogens is 2. The third-order valence-corrected chi connectivity index (χ3v) is 5.85. The summed E-state index contributed by atoms with van der Waals surface area (Å²) in [5.74, 6) is 0.214. The van der Waals surface area contributed by atoms with Crippen LogP contribution in [0.3, 0.4) is 0 Å². The van der Waals surface area contributed by atoms with E-state index in [9.17, 15) is 9.59 Å². The molecule has 2 amide bonds. The van der Waals surface area contributed by atoms with Crippen LogP contribution in [0.4, 0.5) is 5.69 Å². The zero-order valence-corrected chi connectivity index (χ0v) is 15.8. The molecule has 0 atom stereocenters. The van der Waals surface area contributed by atoms with Crippen LogP contribution in [0, 0.1) is 19.3 Å². The first-order valence-corrected chi connectivity index (χ1v) is 9.43. The van der Waals surface area contributed by atoms with Gasteiger partial charge in [0, 0.05) is 25.2 Å². The molecule has 0 unspecified atom stereocenters. The molecule has 0 aliphatic carbocycles. The Morgan fingerprint density at radius 2 is 1.56 bits per heavy atom. The summed E-state index contributed by atoms with van der Waals surface area (Å²) >= 11 is 0. The maximum Gasteiger partial charge on any atom is 0.253 e. The molecule has 2 aliphatic heterocycles. The van der Waals surface area contributed by atoms with E-state index in [-0.39, 0.29) is 17.2 Å². The van der Waals surface area contributed by atoms with Gasteiger partial charge in [0.25, 0.3) is 5.91 Å². The molecule has 2 saturated heterocycles. The number of amides is 2. The number of hydrogen-bond acceptors (Lipinski definition) is 4. The van der Waals surface area contributed by atoms with E-state index < -0.39 is 0 Å². The standard InChI is InChI=1S/C21H24N4O2/c1-15-9-16(2)11-17(10-15)19(26)24-6-3-21(4-7-24)5-8-25(20(21)27)18-12-22-14-23-13-18/h9-14H,3-8H2,1-2H3. The van der Waals surface area contributed by atoms with Gasteiger partial charge < -0.3 is 9.80 Å². The smallest absolute Gasteiger partial charge is 0.253 e. The van der Waals surface area contributed by atoms with Crippen molar-refractivity contribution in [3.05, 3.63) is 53.6 Å². The Hall–Kier alpha value is -2.76. The van der Waals surface area contributed by atoms with Gasteiger partial charge in [0.1, 0.15) is 6.33 Å². The first-order valence-electron chi connectivity index (χ1n) is 9.43. The molecule has 1 spiro atoms. The lowest BCUT2D eigenvalue weighted by atomic mass is 9.77. The van der Waals surface area contributed by atoms with E-state index in [0.29, 0.717) is 32.5 Å². The summed E-state index contributed by atoms with van der Waals surface area (Å²) in [5.41, 5.74) is 3.34. The first-order chi connectivity index (χ1) is 13.0. The van der Waals surface area contributed by atoms with Crippen LogP contribution >= 0.6 is 0 Å². The average Bonchev–Trinajstić information content (AvgIpc) is 2.98. The van der Waals surface area contributed by atoms with E-state index in [1.54, 1.807) is 17.3 Å². The predicted molar refractivity (Wildman–Crippen MR) is 102 cm³/mol. The molecule has 2 aliphatic rings. The van der Waals surface area contributed by atoms with E-state index in [1.807, 2.05) is 30.9 Å². The van der Waals surface area contributed by atoms with E-state index in [4.69, 9.17) is 0 Å². The van der Waals surface area contributed by atoms with Crippen molar-refractivity contribution < 1.29 is 9.59 Å². The van der Waals surface area contributed by atoms with Gasteiger partial charge in [0.2, 0.25) is 5.91 Å². The average molecular weight is 364 g/mol. The van der Waals surface area contributed by atoms with Gasteiger partial charge in [0.05, 0.1) is 23.5 Å². The van der Waals surface area contributed by atoms with Crippen LogP contribution in [0.15, 0.2) is 36.9 Å². The van der Waals surface area contributed by atoms with Crippen molar-refractivity contribution in [2.24, 2.45) is 5.41 Å². The lowest BCUT2D eigenvalue weighted by Gasteiger charge is -2.38. The number of hydrogen-bond donors (Lipinski definition) is 0. The molecule has 2 fully saturated rings. The number of likely N-dealkylation sites (tertiary alicyclic amines) is 1. The van der Waals surface area contributed by atoms with Crippen LogP contribution in [0.5, 0.6) is 0 Å². The first kappa shape index (κ1) is 17.6. The van der Waals surface area contributed by atoms with Gasteiger partial charge in [-0.2, -0.15) is 0 Å². The van der Waals surface area contributed by atoms with Gasteiger partial charge in [0.15, 0.2) is 0 Å². The van der Waals surface area contributed by atoms with Crippen molar-refractivity contribution in [3.8, 4) is 0 Å². The number of carbonyl (C=O) groups excluding carboxylic acids is 2. The maximum atomic E-state index is 13.1. The van der Waals surface area contributed by atoms with E-state index in [0.717, 1.165) is 28.8 Å². The van der Waals surface area contributed by atoms with Crippen LogP contribution in [-0.2, 0) is 4.79 Å². The lowest BCUT2D eigenvalue weighted by Crippen LogP contribution is -2.46. The highest BCUT2D eigenvalue weighted by Crippen LogP contribution is 2.43. The third kappa shape index (κ3) is 3.20. The SMILES string of the molecule is Cc1cc(C)cc(C(=O)N2CCC3(CC2)CCN(c2cncnc2)C3=O)c1. The van der Waals surface area contributed by atoms with Gasteiger partial charge in [-0.3, -0.25) is 9.59 Å². The Balaban J connectivity index is 1.46. The van der Waals surface area contributed by atoms with Crippen LogP contribution in [-0.4, -0.2) is 46.3 Å². The molecule has 6 heteroatoms. The molecule has 1 aromatic heterocycles. The summed E-state index contributed by atoms with van der Waals surface area (Å²) in [4.78, 5) is 37.7. The molecular formula is C21H24N4O2. The zero-order valence-electron chi connectivity index (χ0n) is 15.8. The molecule has 0 bridgehead atoms. The van der Waals surface area contributed by atoms with Crippen molar-refractivity contribution in [1.29, 1.82) is 0 Å². The molecule has 27 heavy (non-hydrogen) atoms. The molecule has 4 rings (SSSR count). The number of carbonyl (C=O) groups is 2. The van der Waals surface area contributed by atoms with Gasteiger partial charge in [-0.05, 0) is 45.2 Å². The van der Waals surface area contributed by atoms with Crippen molar-refractivity contribution in [2.75, 3.05) is 24.5 Å². The van der Waals surface area contributed by atoms with Crippen molar-refractivity contribution in [3.63, 3.8) is 0 Å². The summed E-state index contributed by atoms with van der Waals surface area (Å²) in [5, 5.41) is 0. The second-order valence-corrected chi connectivity index (χ2v) is 7.75. The molecule has 3 heterocycles. The normalized spacial score (nSPS) is 19.0. The number of benzene rings is 1. The monoisotopic (exact) mass is 364 g/mol. The van der Waals surface area contributed by atoms with E-state index in [1.165, 1.54) is 6.33 Å². The predicted octanol–water partition coefficient (Wildman–Crippen LogP) is 2.75. The highest BCUT2D eigenvalue weighted by molar-refractivity contribution is 6.00. The minimum atomic E-state index is -0.352. The Kier molecular flexibility index (Phi) is 4.42. The molecule has 6 nitrogen and oxygen atoms in total. The second-order valence-electron chi connectivity index (χ2n) is 7.75. The van der Waals surface area contributed by atoms with E-state index in [2.05, 4.69) is 16.0 Å². The Morgan fingerprint density at radius 3 is 2.19 bits per heavy atom. The number of aryl methyl sites for hydroxylation is 2. The summed E-state index contributed by atoms with van der Waals surface area (Å²) in [6.07, 6.45) is 7.09. The van der Waals surface area contributed by atoms with Gasteiger partial charge in [-0.25, -0.2) is 9.97 Å². The summed E-state index contributed by atoms with van der Waals surface area (Å²) in [6, 6.07) is 5.95. The quantitative estimate of drug-likeness (QED) is 0.822. The minimum absolute atomic E-state index is 0.0652. The topological polar surface area (TPSA) is 66.4 Å². The number of rotatable bonds is 2. The Morgan fingerprint density at radius 1 is 0.963 bits per heavy atom. The van der Waals surface area contributed by atoms with Crippen LogP contribution in [0.25, 0.3) is 0 Å². The number of nitrogens with zero attached hydrogens (tertiary/aromatic N) is 4. The van der Waals surface area contributed by atoms with Crippen molar-refractivity contribution in [1.82, 2.24) is 14.9 Å². The summed E-state index contributed by atoms with van der Waals surface area (Å²) in [6.45, 7) is 5.95.